The Morgan fingerprint density at radius 3 is 1.13 bits per heavy atom. The first-order valence-corrected chi connectivity index (χ1v) is 29.6. The number of ether oxygens (including phenoxy) is 1. The Balaban J connectivity index is 3.47. The summed E-state index contributed by atoms with van der Waals surface area (Å²) in [5.41, 5.74) is 0. The lowest BCUT2D eigenvalue weighted by molar-refractivity contribution is -0.143. The number of hydrogen-bond donors (Lipinski definition) is 3. The number of carbonyl (C=O) groups is 2. The van der Waals surface area contributed by atoms with Crippen molar-refractivity contribution in [2.24, 2.45) is 0 Å². The maximum atomic E-state index is 12.4. The molecular formula is C62H113NO5. The molecule has 0 fully saturated rings. The van der Waals surface area contributed by atoms with E-state index in [1.807, 2.05) is 6.08 Å². The molecule has 396 valence electrons. The number of nitrogens with one attached hydrogen (secondary N) is 1. The van der Waals surface area contributed by atoms with Crippen LogP contribution >= 0.6 is 0 Å². The number of aliphatic hydroxyl groups excluding tert-OH is 2. The van der Waals surface area contributed by atoms with Gasteiger partial charge < -0.3 is 20.3 Å². The third-order valence-corrected chi connectivity index (χ3v) is 13.3. The first-order valence-electron chi connectivity index (χ1n) is 29.6. The molecule has 0 bridgehead atoms. The lowest BCUT2D eigenvalue weighted by atomic mass is 10.1. The minimum Gasteiger partial charge on any atom is -0.466 e. The van der Waals surface area contributed by atoms with Gasteiger partial charge in [-0.05, 0) is 96.3 Å². The zero-order valence-corrected chi connectivity index (χ0v) is 45.1. The minimum atomic E-state index is -0.851. The second-order valence-corrected chi connectivity index (χ2v) is 20.0. The van der Waals surface area contributed by atoms with Gasteiger partial charge in [0.15, 0.2) is 0 Å². The molecule has 0 aliphatic carbocycles. The van der Waals surface area contributed by atoms with Crippen LogP contribution in [0.3, 0.4) is 0 Å². The van der Waals surface area contributed by atoms with Crippen molar-refractivity contribution in [2.45, 2.75) is 309 Å². The van der Waals surface area contributed by atoms with E-state index < -0.39 is 12.1 Å². The molecule has 0 aromatic heterocycles. The lowest BCUT2D eigenvalue weighted by Crippen LogP contribution is -2.45. The van der Waals surface area contributed by atoms with Crippen LogP contribution in [0.25, 0.3) is 0 Å². The number of allylic oxidation sites excluding steroid dienone is 9. The van der Waals surface area contributed by atoms with Gasteiger partial charge in [0.1, 0.15) is 0 Å². The summed E-state index contributed by atoms with van der Waals surface area (Å²) in [6, 6.07) is -0.636. The number of unbranched alkanes of at least 4 members (excludes halogenated alkanes) is 35. The van der Waals surface area contributed by atoms with Gasteiger partial charge in [-0.2, -0.15) is 0 Å². The highest BCUT2D eigenvalue weighted by Gasteiger charge is 2.18. The van der Waals surface area contributed by atoms with Crippen LogP contribution in [0, 0.1) is 0 Å². The zero-order chi connectivity index (χ0) is 49.3. The molecule has 2 unspecified atom stereocenters. The average Bonchev–Trinajstić information content (AvgIpc) is 3.34. The van der Waals surface area contributed by atoms with Crippen LogP contribution in [-0.2, 0) is 14.3 Å². The van der Waals surface area contributed by atoms with Gasteiger partial charge in [0, 0.05) is 12.8 Å². The number of rotatable bonds is 54. The Morgan fingerprint density at radius 1 is 0.412 bits per heavy atom. The highest BCUT2D eigenvalue weighted by atomic mass is 16.5. The van der Waals surface area contributed by atoms with Gasteiger partial charge in [0.05, 0.1) is 25.4 Å². The van der Waals surface area contributed by atoms with Crippen LogP contribution in [0.15, 0.2) is 60.8 Å². The van der Waals surface area contributed by atoms with Crippen molar-refractivity contribution < 1.29 is 24.5 Å². The van der Waals surface area contributed by atoms with E-state index in [4.69, 9.17) is 4.74 Å². The molecule has 0 aliphatic rings. The van der Waals surface area contributed by atoms with E-state index in [0.717, 1.165) is 70.6 Å². The van der Waals surface area contributed by atoms with E-state index in [9.17, 15) is 19.8 Å². The predicted octanol–water partition coefficient (Wildman–Crippen LogP) is 18.4. The fraction of sp³-hybridized carbons (Fsp3) is 0.806. The molecule has 3 N–H and O–H groups in total. The summed E-state index contributed by atoms with van der Waals surface area (Å²) < 4.78 is 5.47. The monoisotopic (exact) mass is 952 g/mol. The van der Waals surface area contributed by atoms with Gasteiger partial charge >= 0.3 is 5.97 Å². The Morgan fingerprint density at radius 2 is 0.735 bits per heavy atom. The van der Waals surface area contributed by atoms with Crippen molar-refractivity contribution in [1.29, 1.82) is 0 Å². The lowest BCUT2D eigenvalue weighted by Gasteiger charge is -2.20. The minimum absolute atomic E-state index is 0.00780. The molecule has 6 heteroatoms. The Labute approximate surface area is 422 Å². The SMILES string of the molecule is CCCCCC/C=C\C/C=C\CCCCCCCC(=O)OCCCCCCCCCCC/C=C\C/C=C\CCCCCCCCCC(=O)NC(CO)C(O)/C=C/CCCCCCCCCCCC. The molecule has 0 radical (unpaired) electrons. The molecular weight excluding hydrogens is 839 g/mol. The van der Waals surface area contributed by atoms with E-state index >= 15 is 0 Å². The van der Waals surface area contributed by atoms with Crippen LogP contribution in [-0.4, -0.2) is 47.4 Å². The van der Waals surface area contributed by atoms with Gasteiger partial charge in [0.25, 0.3) is 0 Å². The molecule has 0 aromatic rings. The first kappa shape index (κ1) is 65.6. The first-order chi connectivity index (χ1) is 33.5. The third-order valence-electron chi connectivity index (χ3n) is 13.3. The van der Waals surface area contributed by atoms with Crippen molar-refractivity contribution in [1.82, 2.24) is 5.32 Å². The number of hydrogen-bond acceptors (Lipinski definition) is 5. The Bertz CT molecular complexity index is 1190. The van der Waals surface area contributed by atoms with Crippen molar-refractivity contribution >= 4 is 11.9 Å². The van der Waals surface area contributed by atoms with Gasteiger partial charge in [-0.15, -0.1) is 0 Å². The summed E-state index contributed by atoms with van der Waals surface area (Å²) in [5, 5.41) is 23.0. The Hall–Kier alpha value is -2.44. The number of carbonyl (C=O) groups excluding carboxylic acids is 2. The van der Waals surface area contributed by atoms with Crippen molar-refractivity contribution in [3.05, 3.63) is 60.8 Å². The Kier molecular flexibility index (Phi) is 55.1. The van der Waals surface area contributed by atoms with E-state index in [1.54, 1.807) is 6.08 Å². The quantitative estimate of drug-likeness (QED) is 0.0321. The second-order valence-electron chi connectivity index (χ2n) is 20.0. The second kappa shape index (κ2) is 57.1. The summed E-state index contributed by atoms with van der Waals surface area (Å²) in [4.78, 5) is 24.5. The largest absolute Gasteiger partial charge is 0.466 e. The number of aliphatic hydroxyl groups is 2. The van der Waals surface area contributed by atoms with Crippen molar-refractivity contribution in [3.63, 3.8) is 0 Å². The summed E-state index contributed by atoms with van der Waals surface area (Å²) in [6.45, 7) is 4.86. The van der Waals surface area contributed by atoms with Crippen LogP contribution in [0.5, 0.6) is 0 Å². The number of esters is 1. The molecule has 2 atom stereocenters. The molecule has 0 rings (SSSR count). The summed E-state index contributed by atoms with van der Waals surface area (Å²) in [7, 11) is 0. The van der Waals surface area contributed by atoms with E-state index in [2.05, 4.69) is 67.8 Å². The smallest absolute Gasteiger partial charge is 0.305 e. The average molecular weight is 953 g/mol. The van der Waals surface area contributed by atoms with Gasteiger partial charge in [-0.1, -0.05) is 248 Å². The van der Waals surface area contributed by atoms with E-state index in [0.29, 0.717) is 19.4 Å². The number of amides is 1. The molecule has 0 saturated carbocycles. The van der Waals surface area contributed by atoms with Crippen LogP contribution in [0.4, 0.5) is 0 Å². The van der Waals surface area contributed by atoms with Crippen molar-refractivity contribution in [2.75, 3.05) is 13.2 Å². The molecule has 0 aliphatic heterocycles. The maximum Gasteiger partial charge on any atom is 0.305 e. The van der Waals surface area contributed by atoms with Crippen LogP contribution < -0.4 is 5.32 Å². The van der Waals surface area contributed by atoms with Gasteiger partial charge in [-0.25, -0.2) is 0 Å². The van der Waals surface area contributed by atoms with Crippen LogP contribution in [0.2, 0.25) is 0 Å². The molecule has 0 spiro atoms. The zero-order valence-electron chi connectivity index (χ0n) is 45.1. The molecule has 6 nitrogen and oxygen atoms in total. The maximum absolute atomic E-state index is 12.4. The van der Waals surface area contributed by atoms with Crippen LogP contribution in [0.1, 0.15) is 296 Å². The normalized spacial score (nSPS) is 13.1. The molecule has 0 aromatic carbocycles. The van der Waals surface area contributed by atoms with E-state index in [1.165, 1.54) is 199 Å². The third kappa shape index (κ3) is 52.9. The van der Waals surface area contributed by atoms with Gasteiger partial charge in [-0.3, -0.25) is 9.59 Å². The predicted molar refractivity (Wildman–Crippen MR) is 296 cm³/mol. The molecule has 0 saturated heterocycles. The standard InChI is InChI=1S/C62H113NO5/c1-3-5-7-9-11-13-15-17-18-29-32-36-40-44-48-52-56-62(67)68-57-53-49-45-41-37-33-30-27-25-23-21-19-20-22-24-26-28-31-35-39-43-47-51-55-61(66)63-59(58-64)60(65)54-50-46-42-38-34-16-14-12-10-8-6-4-2/h13,15,18-19,21-22,24,29,50,54,59-60,64-65H,3-12,14,16-17,20,23,25-28,30-49,51-53,55-58H2,1-2H3,(H,63,66)/b15-13-,21-19-,24-22-,29-18-,54-50+. The van der Waals surface area contributed by atoms with Gasteiger partial charge in [0.2, 0.25) is 5.91 Å². The molecule has 68 heavy (non-hydrogen) atoms. The molecule has 0 heterocycles. The fourth-order valence-corrected chi connectivity index (χ4v) is 8.69. The fourth-order valence-electron chi connectivity index (χ4n) is 8.69. The summed E-state index contributed by atoms with van der Waals surface area (Å²) in [6.07, 6.45) is 73.9. The topological polar surface area (TPSA) is 95.9 Å². The highest BCUT2D eigenvalue weighted by molar-refractivity contribution is 5.76. The molecule has 1 amide bonds. The van der Waals surface area contributed by atoms with Crippen molar-refractivity contribution in [3.8, 4) is 0 Å². The summed E-state index contributed by atoms with van der Waals surface area (Å²) in [5.74, 6) is -0.0881. The van der Waals surface area contributed by atoms with E-state index in [-0.39, 0.29) is 18.5 Å². The summed E-state index contributed by atoms with van der Waals surface area (Å²) >= 11 is 0. The highest BCUT2D eigenvalue weighted by Crippen LogP contribution is 2.15.